The van der Waals surface area contributed by atoms with E-state index in [-0.39, 0.29) is 28.5 Å². The van der Waals surface area contributed by atoms with Crippen molar-refractivity contribution in [3.63, 3.8) is 0 Å². The van der Waals surface area contributed by atoms with Crippen LogP contribution in [0.3, 0.4) is 0 Å². The van der Waals surface area contributed by atoms with Crippen LogP contribution in [0, 0.1) is 12.7 Å². The maximum Gasteiger partial charge on any atom is 0.309 e. The second kappa shape index (κ2) is 10.0. The Bertz CT molecular complexity index is 939. The Hall–Kier alpha value is -2.79. The smallest absolute Gasteiger partial charge is 0.309 e. The van der Waals surface area contributed by atoms with E-state index in [2.05, 4.69) is 15.3 Å². The number of carboxylic acid groups (broad SMARTS) is 1. The molecule has 1 fully saturated rings. The molecular formula is C20H21F4N3O4. The number of carboxylic acids is 1. The minimum absolute atomic E-state index is 0.0137. The number of hydrogen-bond acceptors (Lipinski definition) is 6. The van der Waals surface area contributed by atoms with Gasteiger partial charge in [-0.1, -0.05) is 18.2 Å². The highest BCUT2D eigenvalue weighted by molar-refractivity contribution is 5.71. The van der Waals surface area contributed by atoms with Crippen molar-refractivity contribution in [1.82, 2.24) is 9.97 Å². The number of nitrogens with one attached hydrogen (secondary N) is 1. The fourth-order valence-electron chi connectivity index (χ4n) is 3.30. The molecule has 0 unspecified atom stereocenters. The molecule has 1 aliphatic heterocycles. The van der Waals surface area contributed by atoms with Crippen LogP contribution in [0.4, 0.5) is 23.4 Å². The van der Waals surface area contributed by atoms with E-state index in [9.17, 15) is 27.5 Å². The molecule has 31 heavy (non-hydrogen) atoms. The third-order valence-electron chi connectivity index (χ3n) is 4.65. The molecule has 2 aromatic rings. The molecular weight excluding hydrogens is 422 g/mol. The quantitative estimate of drug-likeness (QED) is 0.595. The number of carbonyl (C=O) groups is 1. The number of anilines is 1. The zero-order chi connectivity index (χ0) is 22.5. The van der Waals surface area contributed by atoms with E-state index in [1.807, 2.05) is 0 Å². The van der Waals surface area contributed by atoms with Gasteiger partial charge in [-0.25, -0.2) is 27.5 Å². The number of ether oxygens (including phenoxy) is 2. The predicted molar refractivity (Wildman–Crippen MR) is 101 cm³/mol. The van der Waals surface area contributed by atoms with E-state index in [4.69, 9.17) is 9.47 Å². The molecule has 0 saturated carbocycles. The third-order valence-corrected chi connectivity index (χ3v) is 4.65. The topological polar surface area (TPSA) is 93.6 Å². The second-order valence-corrected chi connectivity index (χ2v) is 6.88. The van der Waals surface area contributed by atoms with E-state index in [0.717, 1.165) is 6.07 Å². The first-order valence-electron chi connectivity index (χ1n) is 9.53. The summed E-state index contributed by atoms with van der Waals surface area (Å²) in [7, 11) is 0. The molecule has 1 aliphatic rings. The van der Waals surface area contributed by atoms with Crippen LogP contribution < -0.4 is 5.32 Å². The van der Waals surface area contributed by atoms with E-state index in [0.29, 0.717) is 19.6 Å². The fraction of sp³-hybridized carbons (Fsp3) is 0.450. The lowest BCUT2D eigenvalue weighted by Crippen LogP contribution is -2.25. The number of aromatic nitrogens is 2. The van der Waals surface area contributed by atoms with Gasteiger partial charge in [-0.05, 0) is 13.3 Å². The SMILES string of the molecule is Cc1nc(CC(=O)O)c(C2OCCCO2)c(N[C@H](CF)c2cccc(C(F)F)c2F)n1. The number of benzene rings is 1. The summed E-state index contributed by atoms with van der Waals surface area (Å²) in [6.45, 7) is 1.03. The number of halogens is 4. The lowest BCUT2D eigenvalue weighted by molar-refractivity contribution is -0.183. The first kappa shape index (κ1) is 22.9. The van der Waals surface area contributed by atoms with Crippen molar-refractivity contribution in [3.05, 3.63) is 52.2 Å². The van der Waals surface area contributed by atoms with Gasteiger partial charge in [0.15, 0.2) is 6.29 Å². The summed E-state index contributed by atoms with van der Waals surface area (Å²) in [6, 6.07) is 1.96. The molecule has 1 atom stereocenters. The van der Waals surface area contributed by atoms with Crippen molar-refractivity contribution >= 4 is 11.8 Å². The Labute approximate surface area is 175 Å². The van der Waals surface area contributed by atoms with Crippen molar-refractivity contribution < 1.29 is 36.9 Å². The molecule has 1 aromatic heterocycles. The summed E-state index contributed by atoms with van der Waals surface area (Å²) >= 11 is 0. The van der Waals surface area contributed by atoms with Crippen molar-refractivity contribution in [3.8, 4) is 0 Å². The highest BCUT2D eigenvalue weighted by atomic mass is 19.3. The first-order valence-corrected chi connectivity index (χ1v) is 9.53. The Morgan fingerprint density at radius 3 is 2.55 bits per heavy atom. The number of rotatable bonds is 8. The van der Waals surface area contributed by atoms with Gasteiger partial charge in [0.1, 0.15) is 24.1 Å². The van der Waals surface area contributed by atoms with Crippen molar-refractivity contribution in [2.75, 3.05) is 25.2 Å². The zero-order valence-electron chi connectivity index (χ0n) is 16.6. The lowest BCUT2D eigenvalue weighted by atomic mass is 10.0. The molecule has 3 rings (SSSR count). The average Bonchev–Trinajstić information content (AvgIpc) is 2.72. The molecule has 0 amide bonds. The molecule has 0 bridgehead atoms. The van der Waals surface area contributed by atoms with Gasteiger partial charge >= 0.3 is 5.97 Å². The average molecular weight is 443 g/mol. The van der Waals surface area contributed by atoms with Crippen molar-refractivity contribution in [1.29, 1.82) is 0 Å². The molecule has 0 aliphatic carbocycles. The van der Waals surface area contributed by atoms with Crippen molar-refractivity contribution in [2.24, 2.45) is 0 Å². The van der Waals surface area contributed by atoms with Crippen LogP contribution in [0.25, 0.3) is 0 Å². The molecule has 1 saturated heterocycles. The largest absolute Gasteiger partial charge is 0.481 e. The number of aryl methyl sites for hydroxylation is 1. The van der Waals surface area contributed by atoms with E-state index in [1.165, 1.54) is 19.1 Å². The molecule has 7 nitrogen and oxygen atoms in total. The summed E-state index contributed by atoms with van der Waals surface area (Å²) in [5.74, 6) is -2.23. The van der Waals surface area contributed by atoms with E-state index < -0.39 is 49.2 Å². The number of nitrogens with zero attached hydrogens (tertiary/aromatic N) is 2. The van der Waals surface area contributed by atoms with Crippen molar-refractivity contribution in [2.45, 2.75) is 38.5 Å². The molecule has 0 spiro atoms. The number of hydrogen-bond donors (Lipinski definition) is 2. The lowest BCUT2D eigenvalue weighted by Gasteiger charge is -2.28. The standard InChI is InChI=1S/C20H21F4N3O4/c1-10-25-13(8-15(28)29)16(20-30-6-3-7-31-20)19(26-10)27-14(9-21)11-4-2-5-12(17(11)22)18(23)24/h2,4-5,14,18,20H,3,6-9H2,1H3,(H,28,29)(H,25,26,27)/t14-/m1/s1. The zero-order valence-corrected chi connectivity index (χ0v) is 16.6. The van der Waals surface area contributed by atoms with Crippen LogP contribution in [-0.4, -0.2) is 40.9 Å². The minimum atomic E-state index is -3.07. The van der Waals surface area contributed by atoms with Crippen LogP contribution >= 0.6 is 0 Å². The summed E-state index contributed by atoms with van der Waals surface area (Å²) in [6.07, 6.45) is -3.93. The normalized spacial score (nSPS) is 15.8. The molecule has 2 heterocycles. The van der Waals surface area contributed by atoms with Gasteiger partial charge in [-0.3, -0.25) is 4.79 Å². The van der Waals surface area contributed by atoms with Crippen LogP contribution in [0.15, 0.2) is 18.2 Å². The number of aliphatic carboxylic acids is 1. The first-order chi connectivity index (χ1) is 14.8. The van der Waals surface area contributed by atoms with Gasteiger partial charge in [0.05, 0.1) is 42.5 Å². The van der Waals surface area contributed by atoms with Gasteiger partial charge in [-0.15, -0.1) is 0 Å². The van der Waals surface area contributed by atoms with Gasteiger partial charge < -0.3 is 19.9 Å². The third kappa shape index (κ3) is 5.28. The Morgan fingerprint density at radius 1 is 1.26 bits per heavy atom. The minimum Gasteiger partial charge on any atom is -0.481 e. The monoisotopic (exact) mass is 443 g/mol. The van der Waals surface area contributed by atoms with Crippen LogP contribution in [0.1, 0.15) is 53.4 Å². The molecule has 11 heteroatoms. The number of alkyl halides is 3. The maximum absolute atomic E-state index is 14.6. The summed E-state index contributed by atoms with van der Waals surface area (Å²) in [4.78, 5) is 19.7. The van der Waals surface area contributed by atoms with Gasteiger partial charge in [0.2, 0.25) is 0 Å². The summed E-state index contributed by atoms with van der Waals surface area (Å²) in [5, 5.41) is 12.0. The summed E-state index contributed by atoms with van der Waals surface area (Å²) < 4.78 is 65.8. The Balaban J connectivity index is 2.05. The van der Waals surface area contributed by atoms with Gasteiger partial charge in [0.25, 0.3) is 6.43 Å². The highest BCUT2D eigenvalue weighted by Gasteiger charge is 2.29. The van der Waals surface area contributed by atoms with Crippen LogP contribution in [0.5, 0.6) is 0 Å². The van der Waals surface area contributed by atoms with E-state index in [1.54, 1.807) is 0 Å². The molecule has 1 aromatic carbocycles. The summed E-state index contributed by atoms with van der Waals surface area (Å²) in [5.41, 5.74) is -0.916. The van der Waals surface area contributed by atoms with Crippen LogP contribution in [-0.2, 0) is 20.7 Å². The fourth-order valence-corrected chi connectivity index (χ4v) is 3.30. The molecule has 0 radical (unpaired) electrons. The Kier molecular flexibility index (Phi) is 7.39. The van der Waals surface area contributed by atoms with Gasteiger partial charge in [0, 0.05) is 5.56 Å². The van der Waals surface area contributed by atoms with Gasteiger partial charge in [-0.2, -0.15) is 0 Å². The highest BCUT2D eigenvalue weighted by Crippen LogP contribution is 2.34. The molecule has 2 N–H and O–H groups in total. The van der Waals surface area contributed by atoms with E-state index >= 15 is 0 Å². The second-order valence-electron chi connectivity index (χ2n) is 6.88. The maximum atomic E-state index is 14.6. The predicted octanol–water partition coefficient (Wildman–Crippen LogP) is 4.05. The van der Waals surface area contributed by atoms with Crippen LogP contribution in [0.2, 0.25) is 0 Å². The Morgan fingerprint density at radius 2 is 1.94 bits per heavy atom. The molecule has 168 valence electrons.